The maximum atomic E-state index is 12.9. The topological polar surface area (TPSA) is 87.7 Å². The molecule has 0 saturated carbocycles. The largest absolute Gasteiger partial charge is 0.508 e. The number of carbonyl (C=O) groups is 1. The first-order valence-corrected chi connectivity index (χ1v) is 9.47. The molecule has 0 aliphatic rings. The standard InChI is InChI=1S/C21H17N3O3S/c1-12-3-6-17(13(2)9-12)23-20-16(19(26)24-21-22-7-8-28-21)10-14-4-5-15(25)11-18(14)27-20/h3-11,25H,1-2H3,(H,22,24,26). The van der Waals surface area contributed by atoms with Crippen LogP contribution in [0.3, 0.4) is 0 Å². The van der Waals surface area contributed by atoms with E-state index in [1.54, 1.807) is 29.8 Å². The normalized spacial score (nSPS) is 11.7. The Kier molecular flexibility index (Phi) is 4.67. The lowest BCUT2D eigenvalue weighted by atomic mass is 10.1. The number of phenols is 1. The van der Waals surface area contributed by atoms with Crippen LogP contribution < -0.4 is 10.9 Å². The number of aryl methyl sites for hydroxylation is 2. The van der Waals surface area contributed by atoms with Gasteiger partial charge in [-0.1, -0.05) is 17.7 Å². The van der Waals surface area contributed by atoms with Crippen molar-refractivity contribution in [2.45, 2.75) is 13.8 Å². The minimum Gasteiger partial charge on any atom is -0.508 e. The van der Waals surface area contributed by atoms with Crippen LogP contribution in [0.5, 0.6) is 5.75 Å². The van der Waals surface area contributed by atoms with Crippen LogP contribution in [-0.4, -0.2) is 16.0 Å². The molecular formula is C21H17N3O3S. The number of amides is 1. The molecule has 4 aromatic rings. The number of benzene rings is 2. The summed E-state index contributed by atoms with van der Waals surface area (Å²) in [5.41, 5.74) is 3.69. The zero-order valence-electron chi connectivity index (χ0n) is 15.3. The molecule has 0 unspecified atom stereocenters. The average Bonchev–Trinajstić information content (AvgIpc) is 3.16. The summed E-state index contributed by atoms with van der Waals surface area (Å²) in [7, 11) is 0. The van der Waals surface area contributed by atoms with Gasteiger partial charge in [-0.25, -0.2) is 9.98 Å². The molecule has 0 saturated heterocycles. The molecule has 1 amide bonds. The smallest absolute Gasteiger partial charge is 0.262 e. The first-order valence-electron chi connectivity index (χ1n) is 8.59. The highest BCUT2D eigenvalue weighted by molar-refractivity contribution is 7.13. The minimum atomic E-state index is -0.364. The number of rotatable bonds is 3. The average molecular weight is 391 g/mol. The van der Waals surface area contributed by atoms with E-state index in [-0.39, 0.29) is 22.8 Å². The third-order valence-corrected chi connectivity index (χ3v) is 4.89. The Bertz CT molecular complexity index is 1240. The highest BCUT2D eigenvalue weighted by Crippen LogP contribution is 2.22. The molecule has 0 atom stereocenters. The van der Waals surface area contributed by atoms with Gasteiger partial charge in [0.1, 0.15) is 16.9 Å². The van der Waals surface area contributed by atoms with Gasteiger partial charge in [-0.2, -0.15) is 0 Å². The second-order valence-electron chi connectivity index (χ2n) is 6.38. The number of hydrogen-bond donors (Lipinski definition) is 2. The fourth-order valence-corrected chi connectivity index (χ4v) is 3.37. The number of nitrogens with one attached hydrogen (secondary N) is 1. The summed E-state index contributed by atoms with van der Waals surface area (Å²) in [6.07, 6.45) is 1.62. The molecular weight excluding hydrogens is 374 g/mol. The van der Waals surface area contributed by atoms with E-state index in [4.69, 9.17) is 4.42 Å². The van der Waals surface area contributed by atoms with Crippen LogP contribution in [0.2, 0.25) is 0 Å². The Morgan fingerprint density at radius 3 is 2.79 bits per heavy atom. The van der Waals surface area contributed by atoms with Gasteiger partial charge >= 0.3 is 0 Å². The number of phenolic OH excluding ortho intramolecular Hbond substituents is 1. The van der Waals surface area contributed by atoms with Crippen molar-refractivity contribution in [3.63, 3.8) is 0 Å². The molecule has 2 heterocycles. The molecule has 0 spiro atoms. The van der Waals surface area contributed by atoms with Crippen LogP contribution in [0.15, 0.2) is 63.5 Å². The minimum absolute atomic E-state index is 0.0775. The van der Waals surface area contributed by atoms with Crippen LogP contribution in [0, 0.1) is 13.8 Å². The molecule has 2 aromatic carbocycles. The maximum Gasteiger partial charge on any atom is 0.262 e. The van der Waals surface area contributed by atoms with Gasteiger partial charge in [0, 0.05) is 23.0 Å². The van der Waals surface area contributed by atoms with E-state index < -0.39 is 0 Å². The van der Waals surface area contributed by atoms with Crippen molar-refractivity contribution in [2.24, 2.45) is 4.99 Å². The second kappa shape index (κ2) is 7.28. The molecule has 4 rings (SSSR count). The number of anilines is 1. The van der Waals surface area contributed by atoms with Gasteiger partial charge in [0.15, 0.2) is 5.13 Å². The molecule has 28 heavy (non-hydrogen) atoms. The van der Waals surface area contributed by atoms with Gasteiger partial charge in [-0.15, -0.1) is 11.3 Å². The Labute approximate surface area is 164 Å². The number of carbonyl (C=O) groups excluding carboxylic acids is 1. The monoisotopic (exact) mass is 391 g/mol. The van der Waals surface area contributed by atoms with Crippen molar-refractivity contribution in [2.75, 3.05) is 5.32 Å². The number of hydrogen-bond acceptors (Lipinski definition) is 6. The highest BCUT2D eigenvalue weighted by atomic mass is 32.1. The second-order valence-corrected chi connectivity index (χ2v) is 7.28. The number of fused-ring (bicyclic) bond motifs is 1. The number of aromatic hydroxyl groups is 1. The molecule has 2 N–H and O–H groups in total. The number of thiazole rings is 1. The van der Waals surface area contributed by atoms with Crippen molar-refractivity contribution in [3.05, 3.63) is 76.3 Å². The van der Waals surface area contributed by atoms with E-state index in [9.17, 15) is 9.90 Å². The summed E-state index contributed by atoms with van der Waals surface area (Å²) in [5, 5.41) is 15.5. The van der Waals surface area contributed by atoms with Gasteiger partial charge in [-0.3, -0.25) is 10.1 Å². The van der Waals surface area contributed by atoms with Crippen LogP contribution in [0.4, 0.5) is 10.8 Å². The zero-order valence-corrected chi connectivity index (χ0v) is 16.1. The first kappa shape index (κ1) is 17.9. The SMILES string of the molecule is Cc1ccc(N=c2oc3cc(O)ccc3cc2C(=O)Nc2nccs2)c(C)c1. The summed E-state index contributed by atoms with van der Waals surface area (Å²) >= 11 is 1.33. The van der Waals surface area contributed by atoms with Crippen LogP contribution in [-0.2, 0) is 0 Å². The molecule has 140 valence electrons. The Morgan fingerprint density at radius 2 is 2.04 bits per heavy atom. The molecule has 0 bridgehead atoms. The van der Waals surface area contributed by atoms with Gasteiger partial charge in [0.25, 0.3) is 5.91 Å². The zero-order chi connectivity index (χ0) is 19.7. The predicted octanol–water partition coefficient (Wildman–Crippen LogP) is 4.70. The Hall–Kier alpha value is -3.45. The van der Waals surface area contributed by atoms with Gasteiger partial charge < -0.3 is 9.52 Å². The van der Waals surface area contributed by atoms with E-state index in [2.05, 4.69) is 15.3 Å². The van der Waals surface area contributed by atoms with Crippen LogP contribution in [0.1, 0.15) is 21.5 Å². The van der Waals surface area contributed by atoms with Crippen molar-refractivity contribution in [1.29, 1.82) is 0 Å². The molecule has 2 aromatic heterocycles. The molecule has 0 radical (unpaired) electrons. The first-order chi connectivity index (χ1) is 13.5. The molecule has 6 nitrogen and oxygen atoms in total. The van der Waals surface area contributed by atoms with Crippen molar-refractivity contribution in [1.82, 2.24) is 4.98 Å². The van der Waals surface area contributed by atoms with Gasteiger partial charge in [0.05, 0.1) is 5.69 Å². The fraction of sp³-hybridized carbons (Fsp3) is 0.0952. The summed E-state index contributed by atoms with van der Waals surface area (Å²) in [6, 6.07) is 12.3. The quantitative estimate of drug-likeness (QED) is 0.530. The number of nitrogens with zero attached hydrogens (tertiary/aromatic N) is 2. The fourth-order valence-electron chi connectivity index (χ4n) is 2.84. The molecule has 0 aliphatic heterocycles. The van der Waals surface area contributed by atoms with E-state index in [1.165, 1.54) is 17.4 Å². The lowest BCUT2D eigenvalue weighted by Gasteiger charge is -2.06. The third kappa shape index (κ3) is 3.65. The van der Waals surface area contributed by atoms with Crippen LogP contribution in [0.25, 0.3) is 11.0 Å². The molecule has 0 fully saturated rings. The molecule has 0 aliphatic carbocycles. The lowest BCUT2D eigenvalue weighted by Crippen LogP contribution is -2.21. The van der Waals surface area contributed by atoms with E-state index in [0.717, 1.165) is 11.1 Å². The summed E-state index contributed by atoms with van der Waals surface area (Å²) < 4.78 is 5.90. The van der Waals surface area contributed by atoms with Crippen molar-refractivity contribution >= 4 is 39.0 Å². The maximum absolute atomic E-state index is 12.9. The van der Waals surface area contributed by atoms with E-state index in [0.29, 0.717) is 21.8 Å². The predicted molar refractivity (Wildman–Crippen MR) is 109 cm³/mol. The third-order valence-electron chi connectivity index (χ3n) is 4.21. The number of aromatic nitrogens is 1. The summed E-state index contributed by atoms with van der Waals surface area (Å²) in [4.78, 5) is 21.5. The Balaban J connectivity index is 1.90. The Morgan fingerprint density at radius 1 is 1.18 bits per heavy atom. The summed E-state index contributed by atoms with van der Waals surface area (Å²) in [6.45, 7) is 3.96. The van der Waals surface area contributed by atoms with Crippen LogP contribution >= 0.6 is 11.3 Å². The van der Waals surface area contributed by atoms with Crippen molar-refractivity contribution < 1.29 is 14.3 Å². The van der Waals surface area contributed by atoms with E-state index >= 15 is 0 Å². The summed E-state index contributed by atoms with van der Waals surface area (Å²) in [5.74, 6) is -0.286. The van der Waals surface area contributed by atoms with Gasteiger partial charge in [-0.05, 0) is 43.7 Å². The molecule has 7 heteroatoms. The lowest BCUT2D eigenvalue weighted by molar-refractivity contribution is 0.102. The van der Waals surface area contributed by atoms with Gasteiger partial charge in [0.2, 0.25) is 5.55 Å². The van der Waals surface area contributed by atoms with E-state index in [1.807, 2.05) is 32.0 Å². The van der Waals surface area contributed by atoms with Crippen molar-refractivity contribution in [3.8, 4) is 5.75 Å². The highest BCUT2D eigenvalue weighted by Gasteiger charge is 2.15.